The zero-order chi connectivity index (χ0) is 21.8. The predicted molar refractivity (Wildman–Crippen MR) is 116 cm³/mol. The van der Waals surface area contributed by atoms with Crippen molar-refractivity contribution < 1.29 is 19.4 Å². The van der Waals surface area contributed by atoms with E-state index in [1.807, 2.05) is 42.5 Å². The highest BCUT2D eigenvalue weighted by Crippen LogP contribution is 2.42. The van der Waals surface area contributed by atoms with Crippen LogP contribution in [0, 0.1) is 11.8 Å². The molecule has 0 bridgehead atoms. The number of rotatable bonds is 5. The second-order valence-corrected chi connectivity index (χ2v) is 7.94. The fraction of sp³-hybridized carbons (Fsp3) is 0.360. The summed E-state index contributed by atoms with van der Waals surface area (Å²) in [5.41, 5.74) is 3.15. The molecule has 2 heterocycles. The highest BCUT2D eigenvalue weighted by atomic mass is 16.5. The van der Waals surface area contributed by atoms with E-state index in [4.69, 9.17) is 4.74 Å². The van der Waals surface area contributed by atoms with Crippen LogP contribution in [0.5, 0.6) is 0 Å². The second kappa shape index (κ2) is 9.34. The summed E-state index contributed by atoms with van der Waals surface area (Å²) in [5, 5.41) is 9.90. The number of hydrogen-bond donors (Lipinski definition) is 1. The van der Waals surface area contributed by atoms with Crippen LogP contribution in [0.25, 0.3) is 0 Å². The number of benzene rings is 2. The number of hydrogen-bond acceptors (Lipinski definition) is 4. The van der Waals surface area contributed by atoms with E-state index in [1.54, 1.807) is 9.80 Å². The molecule has 2 aliphatic rings. The van der Waals surface area contributed by atoms with E-state index >= 15 is 0 Å². The number of aliphatic hydroxyl groups excluding tert-OH is 1. The van der Waals surface area contributed by atoms with Crippen LogP contribution in [0.3, 0.4) is 0 Å². The molecule has 31 heavy (non-hydrogen) atoms. The van der Waals surface area contributed by atoms with Crippen molar-refractivity contribution in [2.45, 2.75) is 24.4 Å². The number of ether oxygens (including phenoxy) is 1. The molecule has 2 fully saturated rings. The first-order valence-corrected chi connectivity index (χ1v) is 10.4. The van der Waals surface area contributed by atoms with Crippen molar-refractivity contribution in [1.82, 2.24) is 9.80 Å². The lowest BCUT2D eigenvalue weighted by Gasteiger charge is -2.58. The molecule has 2 aromatic carbocycles. The third kappa shape index (κ3) is 4.34. The van der Waals surface area contributed by atoms with Crippen molar-refractivity contribution in [3.8, 4) is 11.8 Å². The van der Waals surface area contributed by atoms with Gasteiger partial charge in [-0.05, 0) is 23.3 Å². The number of amides is 2. The van der Waals surface area contributed by atoms with Gasteiger partial charge in [0.15, 0.2) is 0 Å². The Morgan fingerprint density at radius 3 is 2.58 bits per heavy atom. The Kier molecular flexibility index (Phi) is 6.36. The number of carbonyl (C=O) groups excluding carboxylic acids is 2. The molecule has 0 unspecified atom stereocenters. The first-order valence-electron chi connectivity index (χ1n) is 10.4. The normalized spacial score (nSPS) is 22.3. The van der Waals surface area contributed by atoms with Gasteiger partial charge in [0.2, 0.25) is 11.8 Å². The monoisotopic (exact) mass is 418 g/mol. The molecule has 6 nitrogen and oxygen atoms in total. The van der Waals surface area contributed by atoms with Gasteiger partial charge in [-0.2, -0.15) is 0 Å². The molecule has 2 aromatic rings. The summed E-state index contributed by atoms with van der Waals surface area (Å²) in [5.74, 6) is 6.06. The Morgan fingerprint density at radius 2 is 1.90 bits per heavy atom. The van der Waals surface area contributed by atoms with Crippen LogP contribution in [0.4, 0.5) is 0 Å². The smallest absolute Gasteiger partial charge is 0.249 e. The molecule has 0 radical (unpaired) electrons. The minimum atomic E-state index is -0.257. The Morgan fingerprint density at radius 1 is 1.16 bits per heavy atom. The van der Waals surface area contributed by atoms with Gasteiger partial charge < -0.3 is 19.6 Å². The first kappa shape index (κ1) is 21.1. The Labute approximate surface area is 182 Å². The third-order valence-electron chi connectivity index (χ3n) is 6.04. The molecular formula is C25H26N2O4. The molecule has 1 N–H and O–H groups in total. The lowest BCUT2D eigenvalue weighted by atomic mass is 9.73. The minimum Gasteiger partial charge on any atom is -0.394 e. The average Bonchev–Trinajstić information content (AvgIpc) is 2.77. The Balaban J connectivity index is 1.46. The molecule has 4 rings (SSSR count). The van der Waals surface area contributed by atoms with E-state index < -0.39 is 0 Å². The summed E-state index contributed by atoms with van der Waals surface area (Å²) < 4.78 is 4.93. The highest BCUT2D eigenvalue weighted by molar-refractivity contribution is 5.88. The van der Waals surface area contributed by atoms with Crippen LogP contribution in [-0.4, -0.2) is 72.2 Å². The van der Waals surface area contributed by atoms with E-state index in [0.717, 1.165) is 11.1 Å². The SMILES string of the molecule is COCC(=O)N1CC(=O)N2[C@H](CO)[C@H](c3ccc(C#CCc4ccccc4)cc3)[C@@H]2C1. The van der Waals surface area contributed by atoms with E-state index in [9.17, 15) is 14.7 Å². The topological polar surface area (TPSA) is 70.1 Å². The fourth-order valence-electron chi connectivity index (χ4n) is 4.54. The molecule has 3 atom stereocenters. The van der Waals surface area contributed by atoms with E-state index in [-0.39, 0.29) is 49.6 Å². The predicted octanol–water partition coefficient (Wildman–Crippen LogP) is 1.42. The van der Waals surface area contributed by atoms with Crippen LogP contribution in [-0.2, 0) is 20.7 Å². The maximum atomic E-state index is 12.6. The Bertz CT molecular complexity index is 994. The highest BCUT2D eigenvalue weighted by Gasteiger charge is 2.54. The van der Waals surface area contributed by atoms with Crippen molar-refractivity contribution >= 4 is 11.8 Å². The third-order valence-corrected chi connectivity index (χ3v) is 6.04. The fourth-order valence-corrected chi connectivity index (χ4v) is 4.54. The quantitative estimate of drug-likeness (QED) is 0.746. The minimum absolute atomic E-state index is 0.0153. The number of methoxy groups -OCH3 is 1. The molecule has 2 aliphatic heterocycles. The van der Waals surface area contributed by atoms with Crippen molar-refractivity contribution in [1.29, 1.82) is 0 Å². The van der Waals surface area contributed by atoms with Gasteiger partial charge in [-0.25, -0.2) is 0 Å². The van der Waals surface area contributed by atoms with Gasteiger partial charge in [0.25, 0.3) is 0 Å². The number of piperazine rings is 1. The van der Waals surface area contributed by atoms with Crippen molar-refractivity contribution in [3.05, 3.63) is 71.3 Å². The Hall–Kier alpha value is -3.14. The molecule has 2 saturated heterocycles. The van der Waals surface area contributed by atoms with Crippen LogP contribution < -0.4 is 0 Å². The molecule has 0 saturated carbocycles. The van der Waals surface area contributed by atoms with Crippen molar-refractivity contribution in [3.63, 3.8) is 0 Å². The number of nitrogens with zero attached hydrogens (tertiary/aromatic N) is 2. The average molecular weight is 418 g/mol. The molecular weight excluding hydrogens is 392 g/mol. The van der Waals surface area contributed by atoms with Crippen LogP contribution in [0.2, 0.25) is 0 Å². The maximum absolute atomic E-state index is 12.6. The molecule has 0 spiro atoms. The van der Waals surface area contributed by atoms with E-state index in [1.165, 1.54) is 12.7 Å². The summed E-state index contributed by atoms with van der Waals surface area (Å²) in [6.07, 6.45) is 0.697. The zero-order valence-corrected chi connectivity index (χ0v) is 17.5. The lowest BCUT2D eigenvalue weighted by molar-refractivity contribution is -0.168. The maximum Gasteiger partial charge on any atom is 0.249 e. The van der Waals surface area contributed by atoms with Gasteiger partial charge in [0.05, 0.1) is 25.2 Å². The summed E-state index contributed by atoms with van der Waals surface area (Å²) in [4.78, 5) is 28.1. The van der Waals surface area contributed by atoms with Gasteiger partial charge in [-0.3, -0.25) is 9.59 Å². The summed E-state index contributed by atoms with van der Waals surface area (Å²) in [6, 6.07) is 17.7. The molecule has 0 aromatic heterocycles. The van der Waals surface area contributed by atoms with Crippen LogP contribution in [0.15, 0.2) is 54.6 Å². The molecule has 2 amide bonds. The largest absolute Gasteiger partial charge is 0.394 e. The van der Waals surface area contributed by atoms with Gasteiger partial charge in [0.1, 0.15) is 6.61 Å². The molecule has 6 heteroatoms. The van der Waals surface area contributed by atoms with Crippen LogP contribution in [0.1, 0.15) is 22.6 Å². The number of carbonyl (C=O) groups is 2. The number of aliphatic hydroxyl groups is 1. The van der Waals surface area contributed by atoms with E-state index in [2.05, 4.69) is 24.0 Å². The van der Waals surface area contributed by atoms with Crippen molar-refractivity contribution in [2.24, 2.45) is 0 Å². The lowest BCUT2D eigenvalue weighted by Crippen LogP contribution is -2.73. The second-order valence-electron chi connectivity index (χ2n) is 7.94. The van der Waals surface area contributed by atoms with Crippen molar-refractivity contribution in [2.75, 3.05) is 33.4 Å². The number of fused-ring (bicyclic) bond motifs is 1. The van der Waals surface area contributed by atoms with Gasteiger partial charge in [-0.15, -0.1) is 0 Å². The molecule has 160 valence electrons. The van der Waals surface area contributed by atoms with Gasteiger partial charge >= 0.3 is 0 Å². The zero-order valence-electron chi connectivity index (χ0n) is 17.5. The van der Waals surface area contributed by atoms with E-state index in [0.29, 0.717) is 13.0 Å². The summed E-state index contributed by atoms with van der Waals surface area (Å²) in [7, 11) is 1.47. The summed E-state index contributed by atoms with van der Waals surface area (Å²) in [6.45, 7) is 0.355. The first-order chi connectivity index (χ1) is 15.1. The van der Waals surface area contributed by atoms with Gasteiger partial charge in [-0.1, -0.05) is 54.3 Å². The van der Waals surface area contributed by atoms with Crippen LogP contribution >= 0.6 is 0 Å². The standard InChI is InChI=1S/C25H26N2O4/c1-31-17-24(30)26-14-21-25(22(16-28)27(21)23(29)15-26)20-12-10-19(11-13-20)9-5-8-18-6-3-2-4-7-18/h2-4,6-7,10-13,21-22,25,28H,8,14-17H2,1H3/t21-,22+,25+/m0/s1. The molecule has 0 aliphatic carbocycles. The van der Waals surface area contributed by atoms with Gasteiger partial charge in [0, 0.05) is 31.6 Å². The summed E-state index contributed by atoms with van der Waals surface area (Å²) >= 11 is 0.